The Morgan fingerprint density at radius 3 is 2.93 bits per heavy atom. The molecule has 2 rings (SSSR count). The molecule has 0 unspecified atom stereocenters. The van der Waals surface area contributed by atoms with Crippen molar-refractivity contribution in [2.45, 2.75) is 6.92 Å². The van der Waals surface area contributed by atoms with Gasteiger partial charge in [-0.2, -0.15) is 0 Å². The summed E-state index contributed by atoms with van der Waals surface area (Å²) in [5, 5.41) is 2.81. The first-order valence-electron chi connectivity index (χ1n) is 3.97. The van der Waals surface area contributed by atoms with E-state index in [1.54, 1.807) is 10.6 Å². The molecule has 0 bridgehead atoms. The fraction of sp³-hybridized carbons (Fsp3) is 0.125. The maximum absolute atomic E-state index is 11.0. The lowest BCUT2D eigenvalue weighted by Gasteiger charge is -1.96. The Morgan fingerprint density at radius 2 is 2.33 bits per heavy atom. The second kappa shape index (κ2) is 3.79. The number of aryl methyl sites for hydroxylation is 1. The van der Waals surface area contributed by atoms with Gasteiger partial charge in [0.25, 0.3) is 5.91 Å². The molecule has 2 aromatic rings. The number of H-pyrrole nitrogens is 1. The van der Waals surface area contributed by atoms with E-state index in [1.165, 1.54) is 6.20 Å². The third-order valence-corrected chi connectivity index (χ3v) is 2.19. The molecule has 0 aliphatic rings. The lowest BCUT2D eigenvalue weighted by atomic mass is 10.3. The number of quaternary nitrogens is 1. The first-order chi connectivity index (χ1) is 6.59. The van der Waals surface area contributed by atoms with E-state index in [4.69, 9.17) is 18.0 Å². The number of fused-ring (bicyclic) bond motifs is 1. The number of nitrogens with zero attached hydrogens (tertiary/aromatic N) is 2. The first kappa shape index (κ1) is 11.3. The lowest BCUT2D eigenvalue weighted by Crippen LogP contribution is -2.11. The van der Waals surface area contributed by atoms with Crippen LogP contribution in [0.3, 0.4) is 0 Å². The van der Waals surface area contributed by atoms with Gasteiger partial charge in [-0.05, 0) is 13.0 Å². The normalized spacial score (nSPS) is 9.93. The molecule has 0 fully saturated rings. The Bertz CT molecular complexity index is 570. The van der Waals surface area contributed by atoms with E-state index in [1.807, 2.05) is 6.92 Å². The van der Waals surface area contributed by atoms with Crippen LogP contribution in [-0.4, -0.2) is 20.5 Å². The minimum Gasteiger partial charge on any atom is -0.369 e. The molecule has 1 amide bonds. The Hall–Kier alpha value is -1.73. The van der Waals surface area contributed by atoms with Crippen LogP contribution in [0.4, 0.5) is 0 Å². The number of nitrogens with two attached hydrogens (primary N) is 1. The summed E-state index contributed by atoms with van der Waals surface area (Å²) in [6, 6.07) is 1.74. The molecule has 0 saturated carbocycles. The minimum absolute atomic E-state index is 0. The summed E-state index contributed by atoms with van der Waals surface area (Å²) >= 11 is 5.08. The standard InChI is InChI=1S/C8H8N4OS.H3N/c1-4-2-6(14)12-8(11-4)5(3-10-12)7(9)13;/h2-3,10H,1H3,(H2,9,13);1H3/p+1. The van der Waals surface area contributed by atoms with Gasteiger partial charge in [0.1, 0.15) is 10.2 Å². The van der Waals surface area contributed by atoms with E-state index in [2.05, 4.69) is 10.1 Å². The zero-order valence-corrected chi connectivity index (χ0v) is 9.26. The Kier molecular flexibility index (Phi) is 2.87. The van der Waals surface area contributed by atoms with Gasteiger partial charge in [-0.3, -0.25) is 9.89 Å². The molecule has 15 heavy (non-hydrogen) atoms. The van der Waals surface area contributed by atoms with Crippen LogP contribution in [0, 0.1) is 11.6 Å². The van der Waals surface area contributed by atoms with Crippen LogP contribution in [0.1, 0.15) is 16.1 Å². The van der Waals surface area contributed by atoms with Crippen molar-refractivity contribution in [2.75, 3.05) is 0 Å². The number of amides is 1. The molecule has 6 nitrogen and oxygen atoms in total. The van der Waals surface area contributed by atoms with Gasteiger partial charge >= 0.3 is 0 Å². The highest BCUT2D eigenvalue weighted by atomic mass is 32.1. The number of carbonyl (C=O) groups is 1. The molecule has 0 saturated heterocycles. The molecule has 0 radical (unpaired) electrons. The molecule has 0 aromatic carbocycles. The first-order valence-corrected chi connectivity index (χ1v) is 4.38. The highest BCUT2D eigenvalue weighted by molar-refractivity contribution is 7.71. The monoisotopic (exact) mass is 226 g/mol. The zero-order chi connectivity index (χ0) is 10.3. The van der Waals surface area contributed by atoms with Gasteiger partial charge < -0.3 is 11.9 Å². The van der Waals surface area contributed by atoms with Crippen molar-refractivity contribution in [3.63, 3.8) is 0 Å². The van der Waals surface area contributed by atoms with E-state index in [9.17, 15) is 4.79 Å². The number of hydrogen-bond donors (Lipinski definition) is 3. The minimum atomic E-state index is -0.517. The largest absolute Gasteiger partial charge is 0.369 e. The SMILES string of the molecule is Cc1cc(=S)n2[nH]cc(C(N)=O)c2n1.[NH4+]. The molecule has 7 N–H and O–H groups in total. The number of aromatic nitrogens is 3. The average molecular weight is 226 g/mol. The summed E-state index contributed by atoms with van der Waals surface area (Å²) in [4.78, 5) is 15.2. The Labute approximate surface area is 90.7 Å². The van der Waals surface area contributed by atoms with Crippen LogP contribution in [-0.2, 0) is 0 Å². The number of aromatic amines is 1. The van der Waals surface area contributed by atoms with Crippen LogP contribution in [0.25, 0.3) is 5.65 Å². The van der Waals surface area contributed by atoms with Crippen LogP contribution in [0.2, 0.25) is 0 Å². The quantitative estimate of drug-likeness (QED) is 0.634. The number of nitrogens with one attached hydrogen (secondary N) is 1. The van der Waals surface area contributed by atoms with Gasteiger partial charge in [-0.1, -0.05) is 12.2 Å². The molecule has 2 aromatic heterocycles. The fourth-order valence-corrected chi connectivity index (χ4v) is 1.59. The van der Waals surface area contributed by atoms with E-state index in [0.717, 1.165) is 5.69 Å². The van der Waals surface area contributed by atoms with Gasteiger partial charge in [-0.25, -0.2) is 9.50 Å². The van der Waals surface area contributed by atoms with E-state index in [-0.39, 0.29) is 6.15 Å². The molecule has 7 heteroatoms. The second-order valence-electron chi connectivity index (χ2n) is 2.95. The maximum Gasteiger partial charge on any atom is 0.254 e. The predicted octanol–water partition coefficient (Wildman–Crippen LogP) is 1.18. The van der Waals surface area contributed by atoms with Crippen molar-refractivity contribution >= 4 is 23.8 Å². The van der Waals surface area contributed by atoms with Crippen LogP contribution >= 0.6 is 12.2 Å². The Morgan fingerprint density at radius 1 is 1.67 bits per heavy atom. The zero-order valence-electron chi connectivity index (χ0n) is 8.44. The smallest absolute Gasteiger partial charge is 0.254 e. The highest BCUT2D eigenvalue weighted by Gasteiger charge is 2.10. The molecule has 0 aliphatic heterocycles. The number of carbonyl (C=O) groups excluding carboxylic acids is 1. The van der Waals surface area contributed by atoms with Crippen LogP contribution in [0.5, 0.6) is 0 Å². The summed E-state index contributed by atoms with van der Waals surface area (Å²) in [5.74, 6) is -0.517. The lowest BCUT2D eigenvalue weighted by molar-refractivity contribution is 0.100. The molecular weight excluding hydrogens is 214 g/mol. The maximum atomic E-state index is 11.0. The van der Waals surface area contributed by atoms with Crippen LogP contribution < -0.4 is 11.9 Å². The predicted molar refractivity (Wildman–Crippen MR) is 59.6 cm³/mol. The van der Waals surface area contributed by atoms with Crippen molar-refractivity contribution in [2.24, 2.45) is 5.73 Å². The van der Waals surface area contributed by atoms with Gasteiger partial charge in [0.05, 0.1) is 0 Å². The number of hydrogen-bond acceptors (Lipinski definition) is 3. The summed E-state index contributed by atoms with van der Waals surface area (Å²) in [7, 11) is 0. The fourth-order valence-electron chi connectivity index (χ4n) is 1.28. The van der Waals surface area contributed by atoms with Crippen molar-refractivity contribution in [1.29, 1.82) is 0 Å². The van der Waals surface area contributed by atoms with Gasteiger partial charge in [-0.15, -0.1) is 0 Å². The van der Waals surface area contributed by atoms with Crippen molar-refractivity contribution in [3.05, 3.63) is 28.2 Å². The number of rotatable bonds is 1. The van der Waals surface area contributed by atoms with Gasteiger partial charge in [0, 0.05) is 11.9 Å². The summed E-state index contributed by atoms with van der Waals surface area (Å²) in [6.45, 7) is 1.81. The molecule has 2 heterocycles. The third kappa shape index (κ3) is 1.74. The van der Waals surface area contributed by atoms with Gasteiger partial charge in [0.15, 0.2) is 5.65 Å². The van der Waals surface area contributed by atoms with E-state index in [0.29, 0.717) is 15.9 Å². The molecule has 0 atom stereocenters. The number of primary amides is 1. The summed E-state index contributed by atoms with van der Waals surface area (Å²) in [6.07, 6.45) is 1.50. The van der Waals surface area contributed by atoms with Crippen molar-refractivity contribution < 1.29 is 4.79 Å². The van der Waals surface area contributed by atoms with Crippen molar-refractivity contribution in [1.82, 2.24) is 20.7 Å². The molecular formula is C8H12N5OS+. The third-order valence-electron chi connectivity index (χ3n) is 1.89. The summed E-state index contributed by atoms with van der Waals surface area (Å²) in [5.41, 5.74) is 6.76. The Balaban J connectivity index is 0.00000112. The molecule has 0 aliphatic carbocycles. The van der Waals surface area contributed by atoms with Crippen molar-refractivity contribution in [3.8, 4) is 0 Å². The van der Waals surface area contributed by atoms with E-state index < -0.39 is 5.91 Å². The molecule has 0 spiro atoms. The van der Waals surface area contributed by atoms with Gasteiger partial charge in [0.2, 0.25) is 0 Å². The molecule has 80 valence electrons. The van der Waals surface area contributed by atoms with Crippen LogP contribution in [0.15, 0.2) is 12.3 Å². The highest BCUT2D eigenvalue weighted by Crippen LogP contribution is 2.08. The second-order valence-corrected chi connectivity index (χ2v) is 3.36. The van der Waals surface area contributed by atoms with E-state index >= 15 is 0 Å². The average Bonchev–Trinajstić information content (AvgIpc) is 2.47. The summed E-state index contributed by atoms with van der Waals surface area (Å²) < 4.78 is 2.11. The topological polar surface area (TPSA) is 113 Å².